The van der Waals surface area contributed by atoms with Crippen LogP contribution < -0.4 is 10.6 Å². The molecular formula is C27H19Cl2N3O2S2. The summed E-state index contributed by atoms with van der Waals surface area (Å²) < 4.78 is 6.82. The van der Waals surface area contributed by atoms with E-state index in [0.717, 1.165) is 26.4 Å². The molecule has 2 N–H and O–H groups in total. The van der Waals surface area contributed by atoms with Crippen molar-refractivity contribution in [2.24, 2.45) is 0 Å². The number of nitrogens with zero attached hydrogens (tertiary/aromatic N) is 1. The molecule has 0 unspecified atom stereocenters. The van der Waals surface area contributed by atoms with Crippen LogP contribution in [0, 0.1) is 13.8 Å². The van der Waals surface area contributed by atoms with E-state index in [1.807, 2.05) is 56.3 Å². The van der Waals surface area contributed by atoms with Crippen LogP contribution in [0.15, 0.2) is 71.1 Å². The van der Waals surface area contributed by atoms with Gasteiger partial charge in [0.1, 0.15) is 10.8 Å². The number of benzene rings is 3. The molecular weight excluding hydrogens is 533 g/mol. The molecule has 0 saturated heterocycles. The molecule has 0 bridgehead atoms. The smallest absolute Gasteiger partial charge is 0.293 e. The first-order valence-electron chi connectivity index (χ1n) is 10.9. The molecule has 36 heavy (non-hydrogen) atoms. The summed E-state index contributed by atoms with van der Waals surface area (Å²) in [4.78, 5) is 17.4. The zero-order valence-electron chi connectivity index (χ0n) is 19.2. The van der Waals surface area contributed by atoms with Crippen LogP contribution in [-0.4, -0.2) is 16.0 Å². The normalized spacial score (nSPS) is 11.0. The van der Waals surface area contributed by atoms with Crippen LogP contribution in [0.1, 0.15) is 21.7 Å². The van der Waals surface area contributed by atoms with E-state index in [0.29, 0.717) is 27.1 Å². The number of anilines is 1. The van der Waals surface area contributed by atoms with E-state index in [1.54, 1.807) is 24.3 Å². The summed E-state index contributed by atoms with van der Waals surface area (Å²) in [7, 11) is 0. The number of aryl methyl sites for hydroxylation is 2. The van der Waals surface area contributed by atoms with Gasteiger partial charge < -0.3 is 9.73 Å². The minimum absolute atomic E-state index is 0.0728. The quantitative estimate of drug-likeness (QED) is 0.220. The number of hydrogen-bond acceptors (Lipinski definition) is 5. The van der Waals surface area contributed by atoms with E-state index in [9.17, 15) is 4.79 Å². The van der Waals surface area contributed by atoms with Gasteiger partial charge in [-0.25, -0.2) is 4.98 Å². The minimum Gasteiger partial charge on any atom is -0.451 e. The Labute approximate surface area is 227 Å². The van der Waals surface area contributed by atoms with Gasteiger partial charge >= 0.3 is 0 Å². The number of rotatable bonds is 4. The van der Waals surface area contributed by atoms with Crippen LogP contribution >= 0.6 is 46.8 Å². The summed E-state index contributed by atoms with van der Waals surface area (Å²) in [6, 6.07) is 20.6. The van der Waals surface area contributed by atoms with Crippen molar-refractivity contribution in [1.82, 2.24) is 10.3 Å². The summed E-state index contributed by atoms with van der Waals surface area (Å²) in [5, 5.41) is 7.27. The standard InChI is InChI=1S/C27H19Cl2N3O2S2/c1-14-7-8-16(11-15(14)2)22-9-10-23(34-22)25(33)32-27(35)31-21-12-17(18(28)13-19(21)29)26-30-20-5-3-4-6-24(20)36-26/h3-13H,1-2H3,(H2,31,32,33,35). The molecule has 0 spiro atoms. The average Bonchev–Trinajstić information content (AvgIpc) is 3.50. The Kier molecular flexibility index (Phi) is 6.81. The molecule has 0 atom stereocenters. The number of para-hydroxylation sites is 1. The van der Waals surface area contributed by atoms with Crippen LogP contribution in [0.4, 0.5) is 5.69 Å². The fraction of sp³-hybridized carbons (Fsp3) is 0.0741. The average molecular weight is 553 g/mol. The lowest BCUT2D eigenvalue weighted by atomic mass is 10.1. The van der Waals surface area contributed by atoms with Crippen molar-refractivity contribution in [3.63, 3.8) is 0 Å². The summed E-state index contributed by atoms with van der Waals surface area (Å²) in [5.41, 5.74) is 5.32. The van der Waals surface area contributed by atoms with Gasteiger partial charge in [-0.05, 0) is 79.7 Å². The van der Waals surface area contributed by atoms with Crippen LogP contribution in [0.25, 0.3) is 32.1 Å². The highest BCUT2D eigenvalue weighted by atomic mass is 35.5. The van der Waals surface area contributed by atoms with Crippen molar-refractivity contribution in [3.8, 4) is 21.9 Å². The fourth-order valence-corrected chi connectivity index (χ4v) is 5.40. The Bertz CT molecular complexity index is 1610. The SMILES string of the molecule is Cc1ccc(-c2ccc(C(=O)NC(=S)Nc3cc(-c4nc5ccccc5s4)c(Cl)cc3Cl)o2)cc1C. The zero-order chi connectivity index (χ0) is 25.4. The fourth-order valence-electron chi connectivity index (χ4n) is 3.62. The Morgan fingerprint density at radius 1 is 0.972 bits per heavy atom. The summed E-state index contributed by atoms with van der Waals surface area (Å²) in [6.07, 6.45) is 0. The Morgan fingerprint density at radius 2 is 1.78 bits per heavy atom. The molecule has 9 heteroatoms. The molecule has 3 aromatic carbocycles. The van der Waals surface area contributed by atoms with Crippen molar-refractivity contribution in [2.75, 3.05) is 5.32 Å². The Hall–Kier alpha value is -3.23. The highest BCUT2D eigenvalue weighted by molar-refractivity contribution is 7.80. The number of nitrogens with one attached hydrogen (secondary N) is 2. The maximum Gasteiger partial charge on any atom is 0.293 e. The van der Waals surface area contributed by atoms with E-state index in [4.69, 9.17) is 39.8 Å². The molecule has 5 nitrogen and oxygen atoms in total. The van der Waals surface area contributed by atoms with Gasteiger partial charge in [-0.15, -0.1) is 11.3 Å². The van der Waals surface area contributed by atoms with E-state index in [2.05, 4.69) is 15.6 Å². The molecule has 180 valence electrons. The van der Waals surface area contributed by atoms with Crippen molar-refractivity contribution in [1.29, 1.82) is 0 Å². The molecule has 0 radical (unpaired) electrons. The monoisotopic (exact) mass is 551 g/mol. The van der Waals surface area contributed by atoms with Gasteiger partial charge in [-0.3, -0.25) is 10.1 Å². The highest BCUT2D eigenvalue weighted by Crippen LogP contribution is 2.39. The predicted octanol–water partition coefficient (Wildman–Crippen LogP) is 8.27. The molecule has 2 heterocycles. The Morgan fingerprint density at radius 3 is 2.56 bits per heavy atom. The summed E-state index contributed by atoms with van der Waals surface area (Å²) in [5.74, 6) is 0.271. The second-order valence-corrected chi connectivity index (χ2v) is 10.4. The number of hydrogen-bond donors (Lipinski definition) is 2. The molecule has 1 amide bonds. The van der Waals surface area contributed by atoms with E-state index < -0.39 is 5.91 Å². The molecule has 2 aromatic heterocycles. The molecule has 0 aliphatic rings. The van der Waals surface area contributed by atoms with Gasteiger partial charge in [0.15, 0.2) is 10.9 Å². The molecule has 0 saturated carbocycles. The van der Waals surface area contributed by atoms with Gasteiger partial charge in [-0.2, -0.15) is 0 Å². The first-order valence-corrected chi connectivity index (χ1v) is 12.9. The zero-order valence-corrected chi connectivity index (χ0v) is 22.3. The number of thiocarbonyl (C=S) groups is 1. The number of carbonyl (C=O) groups excluding carboxylic acids is 1. The van der Waals surface area contributed by atoms with E-state index in [-0.39, 0.29) is 10.9 Å². The second-order valence-electron chi connectivity index (χ2n) is 8.17. The maximum absolute atomic E-state index is 12.7. The lowest BCUT2D eigenvalue weighted by molar-refractivity contribution is 0.0951. The number of furan rings is 1. The van der Waals surface area contributed by atoms with E-state index in [1.165, 1.54) is 16.9 Å². The van der Waals surface area contributed by atoms with Gasteiger partial charge in [0.2, 0.25) is 0 Å². The number of thiazole rings is 1. The van der Waals surface area contributed by atoms with Crippen LogP contribution in [0.5, 0.6) is 0 Å². The minimum atomic E-state index is -0.473. The molecule has 5 rings (SSSR count). The van der Waals surface area contributed by atoms with Gasteiger partial charge in [0.05, 0.1) is 25.9 Å². The first-order chi connectivity index (χ1) is 17.3. The largest absolute Gasteiger partial charge is 0.451 e. The van der Waals surface area contributed by atoms with Crippen LogP contribution in [0.2, 0.25) is 10.0 Å². The van der Waals surface area contributed by atoms with Gasteiger partial charge in [0, 0.05) is 11.1 Å². The van der Waals surface area contributed by atoms with Crippen molar-refractivity contribution in [2.45, 2.75) is 13.8 Å². The number of amides is 1. The number of halogens is 2. The third-order valence-corrected chi connectivity index (χ3v) is 7.58. The van der Waals surface area contributed by atoms with Crippen molar-refractivity contribution in [3.05, 3.63) is 93.7 Å². The third kappa shape index (κ3) is 5.01. The summed E-state index contributed by atoms with van der Waals surface area (Å²) >= 11 is 19.8. The van der Waals surface area contributed by atoms with Gasteiger partial charge in [0.25, 0.3) is 5.91 Å². The highest BCUT2D eigenvalue weighted by Gasteiger charge is 2.17. The number of fused-ring (bicyclic) bond motifs is 1. The van der Waals surface area contributed by atoms with Crippen LogP contribution in [-0.2, 0) is 0 Å². The number of aromatic nitrogens is 1. The molecule has 0 fully saturated rings. The van der Waals surface area contributed by atoms with Crippen molar-refractivity contribution < 1.29 is 9.21 Å². The maximum atomic E-state index is 12.7. The molecule has 5 aromatic rings. The second kappa shape index (κ2) is 10.0. The topological polar surface area (TPSA) is 67.2 Å². The van der Waals surface area contributed by atoms with E-state index >= 15 is 0 Å². The third-order valence-electron chi connectivity index (χ3n) is 5.68. The predicted molar refractivity (Wildman–Crippen MR) is 152 cm³/mol. The lowest BCUT2D eigenvalue weighted by Crippen LogP contribution is -2.34. The molecule has 0 aliphatic heterocycles. The number of carbonyl (C=O) groups is 1. The lowest BCUT2D eigenvalue weighted by Gasteiger charge is -2.12. The van der Waals surface area contributed by atoms with Gasteiger partial charge in [-0.1, -0.05) is 47.5 Å². The first kappa shape index (κ1) is 24.5. The molecule has 0 aliphatic carbocycles. The summed E-state index contributed by atoms with van der Waals surface area (Å²) in [6.45, 7) is 4.08. The Balaban J connectivity index is 1.32. The van der Waals surface area contributed by atoms with Crippen LogP contribution in [0.3, 0.4) is 0 Å². The van der Waals surface area contributed by atoms with Crippen molar-refractivity contribution >= 4 is 73.7 Å².